The van der Waals surface area contributed by atoms with Crippen molar-refractivity contribution >= 4 is 5.78 Å². The van der Waals surface area contributed by atoms with Crippen molar-refractivity contribution in [2.24, 2.45) is 0 Å². The van der Waals surface area contributed by atoms with Gasteiger partial charge in [-0.2, -0.15) is 4.39 Å². The van der Waals surface area contributed by atoms with Crippen molar-refractivity contribution in [3.63, 3.8) is 0 Å². The van der Waals surface area contributed by atoms with Crippen molar-refractivity contribution in [1.82, 2.24) is 0 Å². The Labute approximate surface area is 79.5 Å². The second kappa shape index (κ2) is 3.04. The lowest BCUT2D eigenvalue weighted by molar-refractivity contribution is 0.0991. The van der Waals surface area contributed by atoms with Crippen LogP contribution in [0.3, 0.4) is 0 Å². The Kier molecular flexibility index (Phi) is 1.98. The summed E-state index contributed by atoms with van der Waals surface area (Å²) >= 11 is 0. The van der Waals surface area contributed by atoms with Gasteiger partial charge in [-0.05, 0) is 18.1 Å². The van der Waals surface area contributed by atoms with Crippen LogP contribution < -0.4 is 4.74 Å². The molecule has 2 nitrogen and oxygen atoms in total. The SMILES string of the molecule is COc1c(F)c(F)cc2c1C(=O)CC2. The molecule has 0 amide bonds. The molecule has 0 bridgehead atoms. The number of hydrogen-bond acceptors (Lipinski definition) is 2. The molecule has 1 aromatic rings. The van der Waals surface area contributed by atoms with Crippen LogP contribution in [-0.4, -0.2) is 12.9 Å². The second-order valence-corrected chi connectivity index (χ2v) is 3.16. The average molecular weight is 198 g/mol. The number of carbonyl (C=O) groups is 1. The van der Waals surface area contributed by atoms with E-state index in [1.807, 2.05) is 0 Å². The number of fused-ring (bicyclic) bond motifs is 1. The lowest BCUT2D eigenvalue weighted by Gasteiger charge is -2.07. The number of benzene rings is 1. The van der Waals surface area contributed by atoms with Crippen molar-refractivity contribution in [2.45, 2.75) is 12.8 Å². The molecular formula is C10H8F2O2. The average Bonchev–Trinajstić information content (AvgIpc) is 2.50. The van der Waals surface area contributed by atoms with E-state index < -0.39 is 11.6 Å². The summed E-state index contributed by atoms with van der Waals surface area (Å²) in [5.74, 6) is -2.49. The molecule has 0 atom stereocenters. The van der Waals surface area contributed by atoms with E-state index in [9.17, 15) is 13.6 Å². The smallest absolute Gasteiger partial charge is 0.201 e. The Hall–Kier alpha value is -1.45. The highest BCUT2D eigenvalue weighted by atomic mass is 19.2. The highest BCUT2D eigenvalue weighted by Crippen LogP contribution is 2.34. The molecule has 0 aliphatic heterocycles. The molecule has 74 valence electrons. The van der Waals surface area contributed by atoms with Gasteiger partial charge >= 0.3 is 0 Å². The van der Waals surface area contributed by atoms with E-state index in [2.05, 4.69) is 0 Å². The van der Waals surface area contributed by atoms with Gasteiger partial charge in [0, 0.05) is 6.42 Å². The number of aryl methyl sites for hydroxylation is 1. The first-order chi connectivity index (χ1) is 6.65. The molecule has 4 heteroatoms. The molecule has 2 rings (SSSR count). The van der Waals surface area contributed by atoms with Gasteiger partial charge in [0.05, 0.1) is 12.7 Å². The van der Waals surface area contributed by atoms with E-state index in [-0.39, 0.29) is 17.1 Å². The van der Waals surface area contributed by atoms with E-state index in [0.717, 1.165) is 6.07 Å². The van der Waals surface area contributed by atoms with Gasteiger partial charge in [0.2, 0.25) is 5.82 Å². The van der Waals surface area contributed by atoms with Gasteiger partial charge in [0.15, 0.2) is 17.3 Å². The molecule has 1 aliphatic rings. The summed E-state index contributed by atoms with van der Waals surface area (Å²) in [5.41, 5.74) is 0.733. The summed E-state index contributed by atoms with van der Waals surface area (Å²) in [7, 11) is 1.23. The minimum absolute atomic E-state index is 0.184. The molecule has 0 radical (unpaired) electrons. The maximum atomic E-state index is 13.2. The fourth-order valence-electron chi connectivity index (χ4n) is 1.72. The Morgan fingerprint density at radius 1 is 1.36 bits per heavy atom. The fraction of sp³-hybridized carbons (Fsp3) is 0.300. The number of hydrogen-bond donors (Lipinski definition) is 0. The van der Waals surface area contributed by atoms with Crippen molar-refractivity contribution in [3.05, 3.63) is 28.8 Å². The van der Waals surface area contributed by atoms with Crippen LogP contribution in [-0.2, 0) is 6.42 Å². The largest absolute Gasteiger partial charge is 0.493 e. The first kappa shape index (κ1) is 9.12. The minimum atomic E-state index is -1.08. The summed E-state index contributed by atoms with van der Waals surface area (Å²) in [4.78, 5) is 11.3. The van der Waals surface area contributed by atoms with E-state index in [1.54, 1.807) is 0 Å². The molecule has 14 heavy (non-hydrogen) atoms. The number of ketones is 1. The summed E-state index contributed by atoms with van der Waals surface area (Å²) in [6, 6.07) is 1.07. The van der Waals surface area contributed by atoms with Crippen LogP contribution in [0.5, 0.6) is 5.75 Å². The molecule has 0 aromatic heterocycles. The maximum Gasteiger partial charge on any atom is 0.201 e. The highest BCUT2D eigenvalue weighted by Gasteiger charge is 2.28. The first-order valence-electron chi connectivity index (χ1n) is 4.23. The Bertz CT molecular complexity index is 413. The zero-order valence-corrected chi connectivity index (χ0v) is 7.56. The molecule has 1 aliphatic carbocycles. The molecule has 0 N–H and O–H groups in total. The summed E-state index contributed by atoms with van der Waals surface area (Å²) < 4.78 is 30.9. The third kappa shape index (κ3) is 1.10. The van der Waals surface area contributed by atoms with Gasteiger partial charge in [0.25, 0.3) is 0 Å². The quantitative estimate of drug-likeness (QED) is 0.690. The monoisotopic (exact) mass is 198 g/mol. The van der Waals surface area contributed by atoms with Crippen LogP contribution in [0, 0.1) is 11.6 Å². The van der Waals surface area contributed by atoms with Crippen LogP contribution in [0.1, 0.15) is 22.3 Å². The summed E-state index contributed by atoms with van der Waals surface area (Å²) in [5, 5.41) is 0. The van der Waals surface area contributed by atoms with Crippen LogP contribution in [0.4, 0.5) is 8.78 Å². The van der Waals surface area contributed by atoms with Crippen LogP contribution >= 0.6 is 0 Å². The van der Waals surface area contributed by atoms with Crippen molar-refractivity contribution in [2.75, 3.05) is 7.11 Å². The zero-order valence-electron chi connectivity index (χ0n) is 7.56. The van der Waals surface area contributed by atoms with E-state index >= 15 is 0 Å². The number of methoxy groups -OCH3 is 1. The molecule has 1 aromatic carbocycles. The number of halogens is 2. The van der Waals surface area contributed by atoms with Crippen LogP contribution in [0.15, 0.2) is 6.07 Å². The Balaban J connectivity index is 2.73. The van der Waals surface area contributed by atoms with Crippen molar-refractivity contribution in [3.8, 4) is 5.75 Å². The Morgan fingerprint density at radius 3 is 2.71 bits per heavy atom. The van der Waals surface area contributed by atoms with Gasteiger partial charge < -0.3 is 4.74 Å². The Morgan fingerprint density at radius 2 is 2.07 bits per heavy atom. The van der Waals surface area contributed by atoms with Gasteiger partial charge in [-0.15, -0.1) is 0 Å². The molecule has 0 unspecified atom stereocenters. The molecule has 0 saturated carbocycles. The van der Waals surface area contributed by atoms with Crippen molar-refractivity contribution < 1.29 is 18.3 Å². The second-order valence-electron chi connectivity index (χ2n) is 3.16. The number of carbonyl (C=O) groups excluding carboxylic acids is 1. The molecule has 0 heterocycles. The lowest BCUT2D eigenvalue weighted by atomic mass is 10.1. The zero-order chi connectivity index (χ0) is 10.3. The normalized spacial score (nSPS) is 14.4. The standard InChI is InChI=1S/C10H8F2O2/c1-14-10-8-5(2-3-7(8)13)4-6(11)9(10)12/h4H,2-3H2,1H3. The first-order valence-corrected chi connectivity index (χ1v) is 4.23. The predicted molar refractivity (Wildman–Crippen MR) is 45.6 cm³/mol. The van der Waals surface area contributed by atoms with E-state index in [4.69, 9.17) is 4.74 Å². The summed E-state index contributed by atoms with van der Waals surface area (Å²) in [6.45, 7) is 0. The molecule has 0 saturated heterocycles. The van der Waals surface area contributed by atoms with Crippen LogP contribution in [0.25, 0.3) is 0 Å². The van der Waals surface area contributed by atoms with Gasteiger partial charge in [-0.1, -0.05) is 0 Å². The predicted octanol–water partition coefficient (Wildman–Crippen LogP) is 2.10. The highest BCUT2D eigenvalue weighted by molar-refractivity contribution is 6.02. The number of ether oxygens (including phenoxy) is 1. The van der Waals surface area contributed by atoms with Gasteiger partial charge in [-0.3, -0.25) is 4.79 Å². The number of Topliss-reactive ketones (excluding diaryl/α,β-unsaturated/α-hetero) is 1. The third-order valence-electron chi connectivity index (χ3n) is 2.36. The van der Waals surface area contributed by atoms with Crippen molar-refractivity contribution in [1.29, 1.82) is 0 Å². The third-order valence-corrected chi connectivity index (χ3v) is 2.36. The topological polar surface area (TPSA) is 26.3 Å². The molecule has 0 fully saturated rings. The maximum absolute atomic E-state index is 13.2. The minimum Gasteiger partial charge on any atom is -0.493 e. The fourth-order valence-corrected chi connectivity index (χ4v) is 1.72. The van der Waals surface area contributed by atoms with Gasteiger partial charge in [-0.25, -0.2) is 4.39 Å². The number of rotatable bonds is 1. The molecule has 0 spiro atoms. The van der Waals surface area contributed by atoms with Gasteiger partial charge in [0.1, 0.15) is 0 Å². The summed E-state index contributed by atoms with van der Waals surface area (Å²) in [6.07, 6.45) is 0.760. The van der Waals surface area contributed by atoms with E-state index in [1.165, 1.54) is 7.11 Å². The van der Waals surface area contributed by atoms with Crippen LogP contribution in [0.2, 0.25) is 0 Å². The lowest BCUT2D eigenvalue weighted by Crippen LogP contribution is -2.02. The molecular weight excluding hydrogens is 190 g/mol. The van der Waals surface area contributed by atoms with E-state index in [0.29, 0.717) is 18.4 Å².